The molecule has 1 aromatic heterocycles. The molecule has 0 saturated carbocycles. The van der Waals surface area contributed by atoms with Crippen LogP contribution in [0.1, 0.15) is 24.6 Å². The monoisotopic (exact) mass is 491 g/mol. The predicted molar refractivity (Wildman–Crippen MR) is 121 cm³/mol. The van der Waals surface area contributed by atoms with E-state index in [1.807, 2.05) is 0 Å². The summed E-state index contributed by atoms with van der Waals surface area (Å²) in [4.78, 5) is 16.8. The molecule has 2 aromatic rings. The molecular weight excluding hydrogens is 471 g/mol. The highest BCUT2D eigenvalue weighted by Gasteiger charge is 2.46. The fourth-order valence-electron chi connectivity index (χ4n) is 3.96. The molecular formula is C24H21ClF3N3O3. The van der Waals surface area contributed by atoms with E-state index in [0.29, 0.717) is 6.07 Å². The largest absolute Gasteiger partial charge is 0.489 e. The molecule has 2 aliphatic rings. The lowest BCUT2D eigenvalue weighted by atomic mass is 9.80. The number of rotatable bonds is 5. The molecule has 10 heteroatoms. The summed E-state index contributed by atoms with van der Waals surface area (Å²) >= 11 is 5.89. The molecule has 2 atom stereocenters. The quantitative estimate of drug-likeness (QED) is 0.552. The normalized spacial score (nSPS) is 21.1. The number of pyridine rings is 1. The average molecular weight is 492 g/mol. The average Bonchev–Trinajstić information content (AvgIpc) is 2.99. The summed E-state index contributed by atoms with van der Waals surface area (Å²) in [5.74, 6) is -3.06. The minimum Gasteiger partial charge on any atom is -0.489 e. The standard InChI is InChI=1S/C24H21ClF3N3O3/c1-23(22(30)32)11-34-21-15(23)8-19(24(33,10-29)12-3-2-4-13(26)6-5-12)31-20(21)14-7-16(25)18(28)9-17(14)27/h2-5,7-9,33H,6,10-11,29H2,1H3,(H2,30,32)/t23-,24+/m0/s1. The van der Waals surface area contributed by atoms with Crippen molar-refractivity contribution in [2.24, 2.45) is 11.5 Å². The second-order valence-corrected chi connectivity index (χ2v) is 8.77. The molecule has 0 radical (unpaired) electrons. The molecule has 0 bridgehead atoms. The Labute approximate surface area is 198 Å². The van der Waals surface area contributed by atoms with Gasteiger partial charge in [0.1, 0.15) is 46.5 Å². The minimum absolute atomic E-state index is 0.0455. The van der Waals surface area contributed by atoms with Gasteiger partial charge in [-0.1, -0.05) is 29.8 Å². The van der Waals surface area contributed by atoms with Crippen molar-refractivity contribution in [2.45, 2.75) is 24.4 Å². The highest BCUT2D eigenvalue weighted by Crippen LogP contribution is 2.47. The lowest BCUT2D eigenvalue weighted by Gasteiger charge is -2.29. The number of hydrogen-bond donors (Lipinski definition) is 3. The second-order valence-electron chi connectivity index (χ2n) is 8.36. The molecule has 178 valence electrons. The molecule has 1 aromatic carbocycles. The Morgan fingerprint density at radius 3 is 2.71 bits per heavy atom. The van der Waals surface area contributed by atoms with Crippen molar-refractivity contribution < 1.29 is 27.8 Å². The molecule has 0 unspecified atom stereocenters. The van der Waals surface area contributed by atoms with E-state index < -0.39 is 34.4 Å². The van der Waals surface area contributed by atoms with E-state index in [4.69, 9.17) is 27.8 Å². The minimum atomic E-state index is -1.94. The highest BCUT2D eigenvalue weighted by atomic mass is 35.5. The number of carbonyl (C=O) groups is 1. The summed E-state index contributed by atoms with van der Waals surface area (Å²) in [6, 6.07) is 3.05. The number of allylic oxidation sites excluding steroid dienone is 4. The third kappa shape index (κ3) is 3.79. The summed E-state index contributed by atoms with van der Waals surface area (Å²) in [5, 5.41) is 11.3. The maximum atomic E-state index is 14.9. The first-order chi connectivity index (χ1) is 16.0. The second kappa shape index (κ2) is 8.57. The SMILES string of the molecule is C[C@]1(C(N)=O)COc2c1cc([C@@](O)(CN)C1=CCC(F)=CC=C1)nc2-c1cc(Cl)c(F)cc1F. The number of halogens is 4. The van der Waals surface area contributed by atoms with Crippen LogP contribution in [0.15, 0.2) is 53.9 Å². The number of fused-ring (bicyclic) bond motifs is 1. The molecule has 0 spiro atoms. The summed E-state index contributed by atoms with van der Waals surface area (Å²) < 4.78 is 48.1. The van der Waals surface area contributed by atoms with Crippen LogP contribution in [0.25, 0.3) is 11.3 Å². The van der Waals surface area contributed by atoms with E-state index in [0.717, 1.165) is 6.07 Å². The van der Waals surface area contributed by atoms with Crippen molar-refractivity contribution in [3.63, 3.8) is 0 Å². The lowest BCUT2D eigenvalue weighted by Crippen LogP contribution is -2.41. The third-order valence-electron chi connectivity index (χ3n) is 6.15. The van der Waals surface area contributed by atoms with Crippen molar-refractivity contribution >= 4 is 17.5 Å². The van der Waals surface area contributed by atoms with Gasteiger partial charge in [0.15, 0.2) is 0 Å². The van der Waals surface area contributed by atoms with E-state index in [-0.39, 0.29) is 58.4 Å². The lowest BCUT2D eigenvalue weighted by molar-refractivity contribution is -0.123. The highest BCUT2D eigenvalue weighted by molar-refractivity contribution is 6.31. The zero-order chi connectivity index (χ0) is 24.8. The number of primary amides is 1. The van der Waals surface area contributed by atoms with Crippen molar-refractivity contribution in [3.05, 3.63) is 81.8 Å². The number of hydrogen-bond acceptors (Lipinski definition) is 5. The van der Waals surface area contributed by atoms with Crippen LogP contribution in [0.5, 0.6) is 5.75 Å². The Hall–Kier alpha value is -3.14. The van der Waals surface area contributed by atoms with Gasteiger partial charge in [0.25, 0.3) is 0 Å². The van der Waals surface area contributed by atoms with Gasteiger partial charge in [-0.25, -0.2) is 18.2 Å². The number of carbonyl (C=O) groups excluding carboxylic acids is 1. The molecule has 1 aliphatic heterocycles. The Morgan fingerprint density at radius 2 is 2.03 bits per heavy atom. The molecule has 0 fully saturated rings. The molecule has 5 N–H and O–H groups in total. The smallest absolute Gasteiger partial charge is 0.231 e. The molecule has 34 heavy (non-hydrogen) atoms. The van der Waals surface area contributed by atoms with Crippen LogP contribution in [0.4, 0.5) is 13.2 Å². The van der Waals surface area contributed by atoms with E-state index in [9.17, 15) is 23.1 Å². The van der Waals surface area contributed by atoms with Gasteiger partial charge in [0, 0.05) is 30.2 Å². The van der Waals surface area contributed by atoms with Crippen LogP contribution in [0, 0.1) is 11.6 Å². The van der Waals surface area contributed by atoms with Gasteiger partial charge in [-0.05, 0) is 30.7 Å². The van der Waals surface area contributed by atoms with Crippen molar-refractivity contribution in [1.82, 2.24) is 4.98 Å². The fourth-order valence-corrected chi connectivity index (χ4v) is 4.13. The van der Waals surface area contributed by atoms with E-state index in [1.54, 1.807) is 0 Å². The van der Waals surface area contributed by atoms with Gasteiger partial charge in [-0.2, -0.15) is 0 Å². The molecule has 1 aliphatic carbocycles. The first-order valence-electron chi connectivity index (χ1n) is 10.3. The Balaban J connectivity index is 2.01. The van der Waals surface area contributed by atoms with E-state index >= 15 is 0 Å². The van der Waals surface area contributed by atoms with Crippen LogP contribution in [-0.2, 0) is 15.8 Å². The summed E-state index contributed by atoms with van der Waals surface area (Å²) in [5.41, 5.74) is 8.41. The maximum absolute atomic E-state index is 14.9. The van der Waals surface area contributed by atoms with Gasteiger partial charge in [0.05, 0.1) is 10.7 Å². The number of aliphatic hydroxyl groups is 1. The molecule has 0 saturated heterocycles. The topological polar surface area (TPSA) is 111 Å². The zero-order valence-corrected chi connectivity index (χ0v) is 18.8. The number of nitrogens with zero attached hydrogens (tertiary/aromatic N) is 1. The number of amides is 1. The van der Waals surface area contributed by atoms with Crippen LogP contribution in [-0.4, -0.2) is 29.1 Å². The Morgan fingerprint density at radius 1 is 1.29 bits per heavy atom. The number of ether oxygens (including phenoxy) is 1. The zero-order valence-electron chi connectivity index (χ0n) is 18.0. The van der Waals surface area contributed by atoms with Crippen molar-refractivity contribution in [2.75, 3.05) is 13.2 Å². The van der Waals surface area contributed by atoms with Crippen LogP contribution >= 0.6 is 11.6 Å². The maximum Gasteiger partial charge on any atom is 0.231 e. The number of nitrogens with two attached hydrogens (primary N) is 2. The van der Waals surface area contributed by atoms with Crippen molar-refractivity contribution in [1.29, 1.82) is 0 Å². The molecule has 4 rings (SSSR count). The van der Waals surface area contributed by atoms with Crippen LogP contribution in [0.3, 0.4) is 0 Å². The number of aromatic nitrogens is 1. The molecule has 2 heterocycles. The third-order valence-corrected chi connectivity index (χ3v) is 6.44. The predicted octanol–water partition coefficient (Wildman–Crippen LogP) is 3.70. The van der Waals surface area contributed by atoms with Gasteiger partial charge < -0.3 is 21.3 Å². The van der Waals surface area contributed by atoms with Crippen molar-refractivity contribution in [3.8, 4) is 17.0 Å². The van der Waals surface area contributed by atoms with Gasteiger partial charge in [0.2, 0.25) is 5.91 Å². The summed E-state index contributed by atoms with van der Waals surface area (Å²) in [7, 11) is 0. The Kier molecular flexibility index (Phi) is 6.05. The van der Waals surface area contributed by atoms with Gasteiger partial charge in [-0.15, -0.1) is 0 Å². The molecule has 1 amide bonds. The Bertz CT molecular complexity index is 1290. The fraction of sp³-hybridized carbons (Fsp3) is 0.250. The van der Waals surface area contributed by atoms with E-state index in [1.165, 1.54) is 37.3 Å². The first-order valence-corrected chi connectivity index (χ1v) is 10.7. The first kappa shape index (κ1) is 24.0. The van der Waals surface area contributed by atoms with Crippen LogP contribution in [0.2, 0.25) is 5.02 Å². The summed E-state index contributed by atoms with van der Waals surface area (Å²) in [6.45, 7) is 0.996. The molecule has 6 nitrogen and oxygen atoms in total. The summed E-state index contributed by atoms with van der Waals surface area (Å²) in [6.07, 6.45) is 5.50. The van der Waals surface area contributed by atoms with Gasteiger partial charge >= 0.3 is 0 Å². The van der Waals surface area contributed by atoms with E-state index in [2.05, 4.69) is 4.98 Å². The van der Waals surface area contributed by atoms with Gasteiger partial charge in [-0.3, -0.25) is 4.79 Å². The van der Waals surface area contributed by atoms with Crippen LogP contribution < -0.4 is 16.2 Å². The number of benzene rings is 1.